The Kier molecular flexibility index (Phi) is 4.48. The average Bonchev–Trinajstić information content (AvgIpc) is 2.44. The van der Waals surface area contributed by atoms with E-state index >= 15 is 0 Å². The minimum atomic E-state index is -4.46. The number of alkyl halides is 3. The number of hydrogen-bond acceptors (Lipinski definition) is 1. The summed E-state index contributed by atoms with van der Waals surface area (Å²) in [5.74, 6) is -0.408. The van der Waals surface area contributed by atoms with E-state index in [2.05, 4.69) is 0 Å². The molecule has 0 aromatic heterocycles. The summed E-state index contributed by atoms with van der Waals surface area (Å²) in [6.45, 7) is 0. The number of halogens is 4. The highest BCUT2D eigenvalue weighted by molar-refractivity contribution is 6.31. The molecule has 0 unspecified atom stereocenters. The van der Waals surface area contributed by atoms with Gasteiger partial charge >= 0.3 is 6.18 Å². The van der Waals surface area contributed by atoms with E-state index in [4.69, 9.17) is 11.6 Å². The zero-order valence-corrected chi connectivity index (χ0v) is 11.4. The van der Waals surface area contributed by atoms with Crippen molar-refractivity contribution in [2.75, 3.05) is 0 Å². The fourth-order valence-corrected chi connectivity index (χ4v) is 1.99. The van der Waals surface area contributed by atoms with E-state index < -0.39 is 17.5 Å². The van der Waals surface area contributed by atoms with E-state index in [-0.39, 0.29) is 5.56 Å². The standard InChI is InChI=1S/C16H10ClF3O/c17-13-6-3-5-12(10-13)15(21)9-8-11-4-1-2-7-14(11)16(18,19)20/h1-10H/b9-8+. The van der Waals surface area contributed by atoms with Gasteiger partial charge in [-0.2, -0.15) is 13.2 Å². The van der Waals surface area contributed by atoms with Crippen molar-refractivity contribution in [2.24, 2.45) is 0 Å². The summed E-state index contributed by atoms with van der Waals surface area (Å²) in [7, 11) is 0. The topological polar surface area (TPSA) is 17.1 Å². The molecule has 0 heterocycles. The highest BCUT2D eigenvalue weighted by Gasteiger charge is 2.32. The molecule has 2 aromatic rings. The maximum absolute atomic E-state index is 12.8. The van der Waals surface area contributed by atoms with E-state index in [1.807, 2.05) is 0 Å². The molecule has 0 aliphatic rings. The van der Waals surface area contributed by atoms with Gasteiger partial charge in [0.2, 0.25) is 0 Å². The van der Waals surface area contributed by atoms with Crippen LogP contribution < -0.4 is 0 Å². The van der Waals surface area contributed by atoms with Crippen LogP contribution in [0.4, 0.5) is 13.2 Å². The molecule has 0 N–H and O–H groups in total. The number of allylic oxidation sites excluding steroid dienone is 1. The lowest BCUT2D eigenvalue weighted by atomic mass is 10.0. The molecular weight excluding hydrogens is 301 g/mol. The zero-order chi connectivity index (χ0) is 15.5. The minimum absolute atomic E-state index is 0.0552. The molecule has 0 fully saturated rings. The second-order valence-corrected chi connectivity index (χ2v) is 4.73. The van der Waals surface area contributed by atoms with E-state index in [0.717, 1.165) is 18.2 Å². The second kappa shape index (κ2) is 6.14. The first kappa shape index (κ1) is 15.3. The Hall–Kier alpha value is -2.07. The fraction of sp³-hybridized carbons (Fsp3) is 0.0625. The predicted octanol–water partition coefficient (Wildman–Crippen LogP) is 5.25. The van der Waals surface area contributed by atoms with Crippen LogP contribution in [-0.2, 0) is 6.18 Å². The Morgan fingerprint density at radius 3 is 2.43 bits per heavy atom. The third kappa shape index (κ3) is 3.95. The number of rotatable bonds is 3. The molecule has 108 valence electrons. The minimum Gasteiger partial charge on any atom is -0.289 e. The third-order valence-corrected chi connectivity index (χ3v) is 3.02. The van der Waals surface area contributed by atoms with E-state index in [1.54, 1.807) is 18.2 Å². The smallest absolute Gasteiger partial charge is 0.289 e. The summed E-state index contributed by atoms with van der Waals surface area (Å²) in [6.07, 6.45) is -2.19. The van der Waals surface area contributed by atoms with Gasteiger partial charge in [-0.3, -0.25) is 4.79 Å². The highest BCUT2D eigenvalue weighted by Crippen LogP contribution is 2.32. The molecule has 2 aromatic carbocycles. The van der Waals surface area contributed by atoms with Crippen LogP contribution in [0.1, 0.15) is 21.5 Å². The first-order valence-electron chi connectivity index (χ1n) is 6.02. The Morgan fingerprint density at radius 2 is 1.76 bits per heavy atom. The summed E-state index contributed by atoms with van der Waals surface area (Å²) >= 11 is 5.77. The molecule has 0 saturated carbocycles. The zero-order valence-electron chi connectivity index (χ0n) is 10.7. The van der Waals surface area contributed by atoms with Crippen molar-refractivity contribution in [3.63, 3.8) is 0 Å². The highest BCUT2D eigenvalue weighted by atomic mass is 35.5. The number of ketones is 1. The van der Waals surface area contributed by atoms with Crippen molar-refractivity contribution < 1.29 is 18.0 Å². The quantitative estimate of drug-likeness (QED) is 0.558. The van der Waals surface area contributed by atoms with Gasteiger partial charge in [0.15, 0.2) is 5.78 Å². The monoisotopic (exact) mass is 310 g/mol. The van der Waals surface area contributed by atoms with Gasteiger partial charge in [-0.1, -0.05) is 48.0 Å². The molecular formula is C16H10ClF3O. The summed E-state index contributed by atoms with van der Waals surface area (Å²) < 4.78 is 38.4. The molecule has 1 nitrogen and oxygen atoms in total. The van der Waals surface area contributed by atoms with Crippen LogP contribution >= 0.6 is 11.6 Å². The Labute approximate surface area is 124 Å². The maximum atomic E-state index is 12.8. The Balaban J connectivity index is 2.28. The fourth-order valence-electron chi connectivity index (χ4n) is 1.80. The van der Waals surface area contributed by atoms with Crippen molar-refractivity contribution in [2.45, 2.75) is 6.18 Å². The van der Waals surface area contributed by atoms with Crippen LogP contribution in [-0.4, -0.2) is 5.78 Å². The molecule has 0 saturated heterocycles. The van der Waals surface area contributed by atoms with Crippen molar-refractivity contribution >= 4 is 23.5 Å². The van der Waals surface area contributed by atoms with Gasteiger partial charge in [0, 0.05) is 10.6 Å². The number of carbonyl (C=O) groups is 1. The number of carbonyl (C=O) groups excluding carboxylic acids is 1. The lowest BCUT2D eigenvalue weighted by Crippen LogP contribution is -2.07. The normalized spacial score (nSPS) is 11.8. The summed E-state index contributed by atoms with van der Waals surface area (Å²) in [5, 5.41) is 0.393. The SMILES string of the molecule is O=C(/C=C/c1ccccc1C(F)(F)F)c1cccc(Cl)c1. The molecule has 0 spiro atoms. The largest absolute Gasteiger partial charge is 0.416 e. The van der Waals surface area contributed by atoms with Crippen LogP contribution in [0, 0.1) is 0 Å². The van der Waals surface area contributed by atoms with Gasteiger partial charge < -0.3 is 0 Å². The second-order valence-electron chi connectivity index (χ2n) is 4.29. The van der Waals surface area contributed by atoms with E-state index in [1.165, 1.54) is 24.3 Å². The Morgan fingerprint density at radius 1 is 1.05 bits per heavy atom. The Bertz CT molecular complexity index is 690. The summed E-state index contributed by atoms with van der Waals surface area (Å²) in [4.78, 5) is 11.9. The van der Waals surface area contributed by atoms with Crippen molar-refractivity contribution in [1.29, 1.82) is 0 Å². The third-order valence-electron chi connectivity index (χ3n) is 2.79. The number of benzene rings is 2. The molecule has 0 radical (unpaired) electrons. The van der Waals surface area contributed by atoms with Gasteiger partial charge in [-0.05, 0) is 29.8 Å². The van der Waals surface area contributed by atoms with Crippen molar-refractivity contribution in [1.82, 2.24) is 0 Å². The predicted molar refractivity (Wildman–Crippen MR) is 76.3 cm³/mol. The van der Waals surface area contributed by atoms with E-state index in [0.29, 0.717) is 10.6 Å². The first-order chi connectivity index (χ1) is 9.88. The summed E-state index contributed by atoms with van der Waals surface area (Å²) in [5.41, 5.74) is -0.510. The summed E-state index contributed by atoms with van der Waals surface area (Å²) in [6, 6.07) is 11.3. The van der Waals surface area contributed by atoms with Crippen molar-refractivity contribution in [3.05, 3.63) is 76.3 Å². The lowest BCUT2D eigenvalue weighted by Gasteiger charge is -2.09. The van der Waals surface area contributed by atoms with Crippen LogP contribution in [0.2, 0.25) is 5.02 Å². The average molecular weight is 311 g/mol. The van der Waals surface area contributed by atoms with Crippen LogP contribution in [0.5, 0.6) is 0 Å². The van der Waals surface area contributed by atoms with Gasteiger partial charge in [-0.25, -0.2) is 0 Å². The first-order valence-corrected chi connectivity index (χ1v) is 6.40. The molecule has 0 amide bonds. The van der Waals surface area contributed by atoms with Gasteiger partial charge in [0.25, 0.3) is 0 Å². The van der Waals surface area contributed by atoms with Gasteiger partial charge in [-0.15, -0.1) is 0 Å². The van der Waals surface area contributed by atoms with Crippen LogP contribution in [0.15, 0.2) is 54.6 Å². The molecule has 21 heavy (non-hydrogen) atoms. The molecule has 0 aliphatic heterocycles. The molecule has 0 aliphatic carbocycles. The number of hydrogen-bond donors (Lipinski definition) is 0. The van der Waals surface area contributed by atoms with Crippen molar-refractivity contribution in [3.8, 4) is 0 Å². The molecule has 5 heteroatoms. The van der Waals surface area contributed by atoms with Crippen LogP contribution in [0.25, 0.3) is 6.08 Å². The molecule has 0 atom stereocenters. The maximum Gasteiger partial charge on any atom is 0.416 e. The van der Waals surface area contributed by atoms with Gasteiger partial charge in [0.1, 0.15) is 0 Å². The molecule has 0 bridgehead atoms. The van der Waals surface area contributed by atoms with E-state index in [9.17, 15) is 18.0 Å². The lowest BCUT2D eigenvalue weighted by molar-refractivity contribution is -0.137. The van der Waals surface area contributed by atoms with Crippen LogP contribution in [0.3, 0.4) is 0 Å². The molecule has 2 rings (SSSR count). The van der Waals surface area contributed by atoms with Gasteiger partial charge in [0.05, 0.1) is 5.56 Å².